The van der Waals surface area contributed by atoms with E-state index in [0.717, 1.165) is 6.21 Å². The van der Waals surface area contributed by atoms with Crippen molar-refractivity contribution < 1.29 is 34.9 Å². The lowest BCUT2D eigenvalue weighted by atomic mass is 9.99. The first-order valence-corrected chi connectivity index (χ1v) is 6.69. The molecule has 1 heterocycles. The van der Waals surface area contributed by atoms with E-state index in [-0.39, 0.29) is 11.3 Å². The highest BCUT2D eigenvalue weighted by Crippen LogP contribution is 2.22. The summed E-state index contributed by atoms with van der Waals surface area (Å²) in [5, 5.41) is 52.3. The second kappa shape index (κ2) is 7.44. The Morgan fingerprint density at radius 1 is 1.26 bits per heavy atom. The predicted octanol–water partition coefficient (Wildman–Crippen LogP) is -1.25. The number of benzene rings is 1. The highest BCUT2D eigenvalue weighted by atomic mass is 16.8. The molecule has 0 bridgehead atoms. The average Bonchev–Trinajstić information content (AvgIpc) is 2.55. The zero-order valence-electron chi connectivity index (χ0n) is 11.8. The molecule has 0 saturated carbocycles. The van der Waals surface area contributed by atoms with E-state index in [1.807, 2.05) is 0 Å². The summed E-state index contributed by atoms with van der Waals surface area (Å²) in [5.41, 5.74) is -0.0178. The standard InChI is InChI=1S/C13H16N2O8/c16-6-9-10(17)11(18)12(19)13(22-9)23-14-5-7-3-1-2-4-8(7)15(20)21/h1-5,9-13,16-19H,6H2/b14-5+/t9?,10?,11-,12?,13-/m0/s1. The van der Waals surface area contributed by atoms with Crippen LogP contribution in [-0.2, 0) is 9.57 Å². The van der Waals surface area contributed by atoms with Crippen LogP contribution in [0.2, 0.25) is 0 Å². The first-order valence-electron chi connectivity index (χ1n) is 6.69. The maximum Gasteiger partial charge on any atom is 0.278 e. The zero-order chi connectivity index (χ0) is 17.0. The van der Waals surface area contributed by atoms with Crippen molar-refractivity contribution in [2.24, 2.45) is 5.16 Å². The van der Waals surface area contributed by atoms with E-state index in [1.54, 1.807) is 6.07 Å². The molecule has 5 atom stereocenters. The predicted molar refractivity (Wildman–Crippen MR) is 75.5 cm³/mol. The fourth-order valence-electron chi connectivity index (χ4n) is 2.06. The second-order valence-corrected chi connectivity index (χ2v) is 4.85. The van der Waals surface area contributed by atoms with Gasteiger partial charge in [-0.1, -0.05) is 17.3 Å². The molecule has 0 aliphatic carbocycles. The summed E-state index contributed by atoms with van der Waals surface area (Å²) in [6.07, 6.45) is -6.21. The molecule has 1 aromatic carbocycles. The van der Waals surface area contributed by atoms with Gasteiger partial charge in [-0.15, -0.1) is 0 Å². The van der Waals surface area contributed by atoms with Crippen LogP contribution in [0.25, 0.3) is 0 Å². The molecule has 10 nitrogen and oxygen atoms in total. The van der Waals surface area contributed by atoms with Gasteiger partial charge in [-0.25, -0.2) is 0 Å². The average molecular weight is 328 g/mol. The number of nitro groups is 1. The van der Waals surface area contributed by atoms with E-state index in [0.29, 0.717) is 0 Å². The third-order valence-electron chi connectivity index (χ3n) is 3.34. The number of hydrogen-bond donors (Lipinski definition) is 4. The minimum atomic E-state index is -1.60. The Balaban J connectivity index is 2.06. The Hall–Kier alpha value is -2.11. The van der Waals surface area contributed by atoms with Crippen molar-refractivity contribution in [3.8, 4) is 0 Å². The van der Waals surface area contributed by atoms with Gasteiger partial charge < -0.3 is 30.0 Å². The molecule has 23 heavy (non-hydrogen) atoms. The van der Waals surface area contributed by atoms with Gasteiger partial charge in [0.15, 0.2) is 0 Å². The monoisotopic (exact) mass is 328 g/mol. The summed E-state index contributed by atoms with van der Waals surface area (Å²) in [5.74, 6) is 0. The van der Waals surface area contributed by atoms with Gasteiger partial charge in [-0.2, -0.15) is 0 Å². The zero-order valence-corrected chi connectivity index (χ0v) is 11.8. The van der Waals surface area contributed by atoms with Crippen LogP contribution in [0.4, 0.5) is 5.69 Å². The van der Waals surface area contributed by atoms with E-state index in [9.17, 15) is 25.4 Å². The normalized spacial score (nSPS) is 31.2. The van der Waals surface area contributed by atoms with Crippen LogP contribution in [-0.4, -0.2) is 68.9 Å². The lowest BCUT2D eigenvalue weighted by molar-refractivity contribution is -0.385. The number of aliphatic hydroxyl groups is 4. The van der Waals surface area contributed by atoms with E-state index >= 15 is 0 Å². The molecule has 0 radical (unpaired) electrons. The number of ether oxygens (including phenoxy) is 1. The van der Waals surface area contributed by atoms with Gasteiger partial charge in [0.2, 0.25) is 0 Å². The molecule has 4 N–H and O–H groups in total. The number of hydrogen-bond acceptors (Lipinski definition) is 9. The Bertz CT molecular complexity index is 579. The number of nitro benzene ring substituents is 1. The van der Waals surface area contributed by atoms with Gasteiger partial charge in [0, 0.05) is 6.07 Å². The van der Waals surface area contributed by atoms with Crippen molar-refractivity contribution in [1.29, 1.82) is 0 Å². The molecular formula is C13H16N2O8. The molecule has 3 unspecified atom stereocenters. The fourth-order valence-corrected chi connectivity index (χ4v) is 2.06. The van der Waals surface area contributed by atoms with Gasteiger partial charge >= 0.3 is 0 Å². The largest absolute Gasteiger partial charge is 0.394 e. The van der Waals surface area contributed by atoms with Crippen molar-refractivity contribution in [1.82, 2.24) is 0 Å². The highest BCUT2D eigenvalue weighted by Gasteiger charge is 2.44. The van der Waals surface area contributed by atoms with Gasteiger partial charge in [0.1, 0.15) is 24.4 Å². The smallest absolute Gasteiger partial charge is 0.278 e. The lowest BCUT2D eigenvalue weighted by Gasteiger charge is -2.38. The second-order valence-electron chi connectivity index (χ2n) is 4.85. The number of oxime groups is 1. The Morgan fingerprint density at radius 2 is 1.96 bits per heavy atom. The lowest BCUT2D eigenvalue weighted by Crippen LogP contribution is -2.58. The highest BCUT2D eigenvalue weighted by molar-refractivity contribution is 5.84. The first kappa shape index (κ1) is 17.2. The van der Waals surface area contributed by atoms with Crippen LogP contribution in [0, 0.1) is 10.1 Å². The van der Waals surface area contributed by atoms with Crippen LogP contribution < -0.4 is 0 Å². The first-order chi connectivity index (χ1) is 11.0. The molecule has 1 saturated heterocycles. The minimum Gasteiger partial charge on any atom is -0.394 e. The summed E-state index contributed by atoms with van der Waals surface area (Å²) in [6.45, 7) is -0.599. The maximum atomic E-state index is 10.8. The molecule has 1 aromatic rings. The van der Waals surface area contributed by atoms with E-state index in [2.05, 4.69) is 5.16 Å². The van der Waals surface area contributed by atoms with Gasteiger partial charge in [-0.05, 0) is 6.07 Å². The quantitative estimate of drug-likeness (QED) is 0.297. The van der Waals surface area contributed by atoms with Crippen LogP contribution in [0.1, 0.15) is 5.56 Å². The third-order valence-corrected chi connectivity index (χ3v) is 3.34. The van der Waals surface area contributed by atoms with Crippen molar-refractivity contribution >= 4 is 11.9 Å². The van der Waals surface area contributed by atoms with Crippen molar-refractivity contribution in [2.75, 3.05) is 6.61 Å². The Labute approximate surface area is 130 Å². The molecular weight excluding hydrogens is 312 g/mol. The Kier molecular flexibility index (Phi) is 5.58. The van der Waals surface area contributed by atoms with Gasteiger partial charge in [-0.3, -0.25) is 10.1 Å². The van der Waals surface area contributed by atoms with E-state index < -0.39 is 42.2 Å². The molecule has 0 aromatic heterocycles. The van der Waals surface area contributed by atoms with Crippen LogP contribution >= 0.6 is 0 Å². The third kappa shape index (κ3) is 3.81. The fraction of sp³-hybridized carbons (Fsp3) is 0.462. The molecule has 126 valence electrons. The van der Waals surface area contributed by atoms with Gasteiger partial charge in [0.05, 0.1) is 23.3 Å². The molecule has 2 rings (SSSR count). The van der Waals surface area contributed by atoms with Crippen molar-refractivity contribution in [3.63, 3.8) is 0 Å². The summed E-state index contributed by atoms with van der Waals surface area (Å²) in [7, 11) is 0. The molecule has 1 aliphatic heterocycles. The van der Waals surface area contributed by atoms with Gasteiger partial charge in [0.25, 0.3) is 12.0 Å². The summed E-state index contributed by atoms with van der Waals surface area (Å²) in [6, 6.07) is 5.80. The number of rotatable bonds is 5. The molecule has 0 amide bonds. The Morgan fingerprint density at radius 3 is 2.61 bits per heavy atom. The van der Waals surface area contributed by atoms with E-state index in [4.69, 9.17) is 14.7 Å². The van der Waals surface area contributed by atoms with E-state index in [1.165, 1.54) is 18.2 Å². The molecule has 1 fully saturated rings. The number of nitrogens with zero attached hydrogens (tertiary/aromatic N) is 2. The van der Waals surface area contributed by atoms with Crippen molar-refractivity contribution in [2.45, 2.75) is 30.7 Å². The summed E-state index contributed by atoms with van der Waals surface area (Å²) in [4.78, 5) is 15.1. The number of aliphatic hydroxyl groups excluding tert-OH is 4. The minimum absolute atomic E-state index is 0.169. The molecule has 1 aliphatic rings. The number of para-hydroxylation sites is 1. The van der Waals surface area contributed by atoms with Crippen LogP contribution in [0.5, 0.6) is 0 Å². The SMILES string of the molecule is O=[N+]([O-])c1ccccc1/C=N/O[C@@H]1OC(CO)C(O)[C@H](O)C1O. The summed E-state index contributed by atoms with van der Waals surface area (Å²) < 4.78 is 5.07. The maximum absolute atomic E-state index is 10.8. The summed E-state index contributed by atoms with van der Waals surface area (Å²) >= 11 is 0. The van der Waals surface area contributed by atoms with Crippen molar-refractivity contribution in [3.05, 3.63) is 39.9 Å². The molecule has 0 spiro atoms. The topological polar surface area (TPSA) is 155 Å². The molecule has 10 heteroatoms. The van der Waals surface area contributed by atoms with Crippen LogP contribution in [0.3, 0.4) is 0 Å². The van der Waals surface area contributed by atoms with Crippen LogP contribution in [0.15, 0.2) is 29.4 Å².